The van der Waals surface area contributed by atoms with E-state index >= 15 is 0 Å². The molecule has 2 amide bonds. The van der Waals surface area contributed by atoms with Crippen LogP contribution in [0.1, 0.15) is 30.1 Å². The summed E-state index contributed by atoms with van der Waals surface area (Å²) in [7, 11) is 0. The molecule has 1 fully saturated rings. The SMILES string of the molecule is Cc1oc(-c2ccccc2)nc1C(=O)N1CCN(C(=O)C(C)C)CC1. The minimum absolute atomic E-state index is 0.0199. The normalized spacial score (nSPS) is 14.9. The van der Waals surface area contributed by atoms with E-state index in [0.29, 0.717) is 43.5 Å². The zero-order chi connectivity index (χ0) is 18.0. The fraction of sp³-hybridized carbons (Fsp3) is 0.421. The molecule has 6 nitrogen and oxygen atoms in total. The Balaban J connectivity index is 1.70. The predicted octanol–water partition coefficient (Wildman–Crippen LogP) is 2.59. The van der Waals surface area contributed by atoms with Crippen LogP contribution < -0.4 is 0 Å². The minimum atomic E-state index is -0.139. The molecule has 25 heavy (non-hydrogen) atoms. The van der Waals surface area contributed by atoms with Gasteiger partial charge in [-0.1, -0.05) is 32.0 Å². The van der Waals surface area contributed by atoms with E-state index in [1.54, 1.807) is 11.8 Å². The Kier molecular flexibility index (Phi) is 4.88. The van der Waals surface area contributed by atoms with E-state index in [1.165, 1.54) is 0 Å². The lowest BCUT2D eigenvalue weighted by molar-refractivity contribution is -0.135. The molecule has 0 bridgehead atoms. The van der Waals surface area contributed by atoms with Crippen LogP contribution in [0.2, 0.25) is 0 Å². The first-order valence-electron chi connectivity index (χ1n) is 8.58. The van der Waals surface area contributed by atoms with Gasteiger partial charge in [0.25, 0.3) is 5.91 Å². The average molecular weight is 341 g/mol. The van der Waals surface area contributed by atoms with Gasteiger partial charge >= 0.3 is 0 Å². The van der Waals surface area contributed by atoms with Gasteiger partial charge < -0.3 is 14.2 Å². The van der Waals surface area contributed by atoms with Gasteiger partial charge in [-0.15, -0.1) is 0 Å². The number of oxazole rings is 1. The summed E-state index contributed by atoms with van der Waals surface area (Å²) in [6, 6.07) is 9.53. The van der Waals surface area contributed by atoms with Crippen molar-refractivity contribution in [1.82, 2.24) is 14.8 Å². The third-order valence-electron chi connectivity index (χ3n) is 4.39. The van der Waals surface area contributed by atoms with Gasteiger partial charge in [0.1, 0.15) is 5.76 Å². The molecule has 1 aromatic heterocycles. The fourth-order valence-electron chi connectivity index (χ4n) is 2.94. The molecule has 1 aliphatic heterocycles. The average Bonchev–Trinajstić information content (AvgIpc) is 3.03. The maximum atomic E-state index is 12.8. The lowest BCUT2D eigenvalue weighted by Gasteiger charge is -2.35. The van der Waals surface area contributed by atoms with E-state index in [1.807, 2.05) is 49.1 Å². The van der Waals surface area contributed by atoms with Crippen molar-refractivity contribution in [2.75, 3.05) is 26.2 Å². The smallest absolute Gasteiger partial charge is 0.276 e. The summed E-state index contributed by atoms with van der Waals surface area (Å²) in [6.45, 7) is 7.70. The third kappa shape index (κ3) is 3.57. The van der Waals surface area contributed by atoms with Gasteiger partial charge in [0.05, 0.1) is 0 Å². The van der Waals surface area contributed by atoms with Gasteiger partial charge in [-0.2, -0.15) is 0 Å². The summed E-state index contributed by atoms with van der Waals surface area (Å²) in [4.78, 5) is 32.8. The number of amides is 2. The molecular weight excluding hydrogens is 318 g/mol. The van der Waals surface area contributed by atoms with Gasteiger partial charge in [0, 0.05) is 37.7 Å². The second-order valence-electron chi connectivity index (χ2n) is 6.56. The number of piperazine rings is 1. The molecule has 0 unspecified atom stereocenters. The fourth-order valence-corrected chi connectivity index (χ4v) is 2.94. The highest BCUT2D eigenvalue weighted by molar-refractivity contribution is 5.94. The number of aryl methyl sites for hydroxylation is 1. The van der Waals surface area contributed by atoms with Crippen LogP contribution in [-0.2, 0) is 4.79 Å². The molecule has 0 aliphatic carbocycles. The highest BCUT2D eigenvalue weighted by Gasteiger charge is 2.28. The number of aromatic nitrogens is 1. The van der Waals surface area contributed by atoms with Crippen LogP contribution in [0.15, 0.2) is 34.7 Å². The first kappa shape index (κ1) is 17.2. The summed E-state index contributed by atoms with van der Waals surface area (Å²) >= 11 is 0. The summed E-state index contributed by atoms with van der Waals surface area (Å²) in [5.74, 6) is 0.948. The molecule has 0 saturated carbocycles. The number of nitrogens with zero attached hydrogens (tertiary/aromatic N) is 3. The molecule has 0 radical (unpaired) electrons. The third-order valence-corrected chi connectivity index (χ3v) is 4.39. The van der Waals surface area contributed by atoms with E-state index in [0.717, 1.165) is 5.56 Å². The zero-order valence-electron chi connectivity index (χ0n) is 14.9. The number of benzene rings is 1. The molecule has 6 heteroatoms. The van der Waals surface area contributed by atoms with Crippen molar-refractivity contribution in [3.8, 4) is 11.5 Å². The lowest BCUT2D eigenvalue weighted by atomic mass is 10.1. The predicted molar refractivity (Wildman–Crippen MR) is 94.0 cm³/mol. The summed E-state index contributed by atoms with van der Waals surface area (Å²) in [6.07, 6.45) is 0. The Morgan fingerprint density at radius 3 is 2.24 bits per heavy atom. The van der Waals surface area contributed by atoms with E-state index < -0.39 is 0 Å². The van der Waals surface area contributed by atoms with Crippen molar-refractivity contribution in [1.29, 1.82) is 0 Å². The van der Waals surface area contributed by atoms with Gasteiger partial charge in [-0.25, -0.2) is 4.98 Å². The van der Waals surface area contributed by atoms with Crippen LogP contribution in [0.5, 0.6) is 0 Å². The second-order valence-corrected chi connectivity index (χ2v) is 6.56. The molecular formula is C19H23N3O3. The maximum absolute atomic E-state index is 12.8. The zero-order valence-corrected chi connectivity index (χ0v) is 14.9. The van der Waals surface area contributed by atoms with E-state index in [4.69, 9.17) is 4.42 Å². The molecule has 132 valence electrons. The van der Waals surface area contributed by atoms with Crippen molar-refractivity contribution in [2.24, 2.45) is 5.92 Å². The molecule has 3 rings (SSSR count). The van der Waals surface area contributed by atoms with Gasteiger partial charge in [-0.05, 0) is 19.1 Å². The van der Waals surface area contributed by atoms with Crippen LogP contribution in [0, 0.1) is 12.8 Å². The molecule has 0 N–H and O–H groups in total. The van der Waals surface area contributed by atoms with Gasteiger partial charge in [0.15, 0.2) is 5.69 Å². The Labute approximate surface area is 147 Å². The van der Waals surface area contributed by atoms with Crippen LogP contribution in [-0.4, -0.2) is 52.8 Å². The molecule has 1 aromatic carbocycles. The van der Waals surface area contributed by atoms with Crippen molar-refractivity contribution < 1.29 is 14.0 Å². The number of rotatable bonds is 3. The Morgan fingerprint density at radius 2 is 1.64 bits per heavy atom. The van der Waals surface area contributed by atoms with Crippen molar-refractivity contribution >= 4 is 11.8 Å². The number of hydrogen-bond donors (Lipinski definition) is 0. The molecule has 0 atom stereocenters. The van der Waals surface area contributed by atoms with E-state index in [9.17, 15) is 9.59 Å². The minimum Gasteiger partial charge on any atom is -0.441 e. The van der Waals surface area contributed by atoms with Gasteiger partial charge in [-0.3, -0.25) is 9.59 Å². The molecule has 2 heterocycles. The quantitative estimate of drug-likeness (QED) is 0.861. The number of carbonyl (C=O) groups excluding carboxylic acids is 2. The van der Waals surface area contributed by atoms with E-state index in [2.05, 4.69) is 4.98 Å². The van der Waals surface area contributed by atoms with Crippen molar-refractivity contribution in [3.05, 3.63) is 41.8 Å². The lowest BCUT2D eigenvalue weighted by Crippen LogP contribution is -2.51. The molecule has 2 aromatic rings. The van der Waals surface area contributed by atoms with Crippen LogP contribution >= 0.6 is 0 Å². The highest BCUT2D eigenvalue weighted by Crippen LogP contribution is 2.22. The molecule has 1 aliphatic rings. The Morgan fingerprint density at radius 1 is 1.04 bits per heavy atom. The summed E-state index contributed by atoms with van der Waals surface area (Å²) in [5.41, 5.74) is 1.19. The number of carbonyl (C=O) groups is 2. The monoisotopic (exact) mass is 341 g/mol. The van der Waals surface area contributed by atoms with E-state index in [-0.39, 0.29) is 17.7 Å². The topological polar surface area (TPSA) is 66.7 Å². The highest BCUT2D eigenvalue weighted by atomic mass is 16.4. The first-order chi connectivity index (χ1) is 12.0. The van der Waals surface area contributed by atoms with Crippen molar-refractivity contribution in [2.45, 2.75) is 20.8 Å². The molecule has 1 saturated heterocycles. The molecule has 0 spiro atoms. The Hall–Kier alpha value is -2.63. The van der Waals surface area contributed by atoms with Gasteiger partial charge in [0.2, 0.25) is 11.8 Å². The largest absolute Gasteiger partial charge is 0.441 e. The summed E-state index contributed by atoms with van der Waals surface area (Å²) in [5, 5.41) is 0. The first-order valence-corrected chi connectivity index (χ1v) is 8.58. The van der Waals surface area contributed by atoms with Crippen LogP contribution in [0.3, 0.4) is 0 Å². The number of hydrogen-bond acceptors (Lipinski definition) is 4. The van der Waals surface area contributed by atoms with Crippen molar-refractivity contribution in [3.63, 3.8) is 0 Å². The maximum Gasteiger partial charge on any atom is 0.276 e. The Bertz CT molecular complexity index is 759. The second kappa shape index (κ2) is 7.09. The van der Waals surface area contributed by atoms with Crippen LogP contribution in [0.25, 0.3) is 11.5 Å². The standard InChI is InChI=1S/C19H23N3O3/c1-13(2)18(23)21-9-11-22(12-10-21)19(24)16-14(3)25-17(20-16)15-7-5-4-6-8-15/h4-8,13H,9-12H2,1-3H3. The van der Waals surface area contributed by atoms with Crippen LogP contribution in [0.4, 0.5) is 0 Å². The summed E-state index contributed by atoms with van der Waals surface area (Å²) < 4.78 is 5.68.